The average Bonchev–Trinajstić information content (AvgIpc) is 3.39. The number of carbonyl (C=O) groups is 3. The summed E-state index contributed by atoms with van der Waals surface area (Å²) in [7, 11) is -4.75. The second-order valence-electron chi connectivity index (χ2n) is 20.9. The average molecular weight is 1070 g/mol. The number of unbranched alkanes of at least 4 members (excludes halogenated alkanes) is 35. The molecule has 0 radical (unpaired) electrons. The number of esters is 3. The molecule has 0 fully saturated rings. The number of aliphatic hydroxyl groups is 1. The summed E-state index contributed by atoms with van der Waals surface area (Å²) < 4.78 is 39.6. The van der Waals surface area contributed by atoms with Crippen LogP contribution < -0.4 is 0 Å². The highest BCUT2D eigenvalue weighted by molar-refractivity contribution is 7.47. The van der Waals surface area contributed by atoms with E-state index in [4.69, 9.17) is 23.3 Å². The van der Waals surface area contributed by atoms with Crippen molar-refractivity contribution in [3.63, 3.8) is 0 Å². The van der Waals surface area contributed by atoms with Crippen molar-refractivity contribution in [3.05, 3.63) is 36.5 Å². The first-order valence-corrected chi connectivity index (χ1v) is 32.4. The molecule has 0 aromatic rings. The molecule has 0 spiro atoms. The Balaban J connectivity index is 4.69. The van der Waals surface area contributed by atoms with Gasteiger partial charge in [-0.05, 0) is 51.4 Å². The SMILES string of the molecule is CC/C=C\C/C=C\C/C=C\CCCCCC(=O)OC(CO)COP(=O)(O)OCC(COC(=O)CCCCCCCCCCCCCCCCCCC)OC(=O)CCCCCCCCCCCCCCCCCCC. The molecule has 0 saturated carbocycles. The number of hydrogen-bond donors (Lipinski definition) is 2. The molecule has 0 aliphatic carbocycles. The predicted octanol–water partition coefficient (Wildman–Crippen LogP) is 18.4. The van der Waals surface area contributed by atoms with Gasteiger partial charge >= 0.3 is 25.7 Å². The fraction of sp³-hybridized carbons (Fsp3) is 0.855. The van der Waals surface area contributed by atoms with Crippen LogP contribution in [0.3, 0.4) is 0 Å². The van der Waals surface area contributed by atoms with Crippen LogP contribution in [0.25, 0.3) is 0 Å². The van der Waals surface area contributed by atoms with Gasteiger partial charge in [0, 0.05) is 19.3 Å². The number of phosphoric acid groups is 1. The van der Waals surface area contributed by atoms with Crippen LogP contribution in [0.15, 0.2) is 36.5 Å². The van der Waals surface area contributed by atoms with Crippen molar-refractivity contribution in [2.24, 2.45) is 0 Å². The fourth-order valence-electron chi connectivity index (χ4n) is 8.90. The van der Waals surface area contributed by atoms with Gasteiger partial charge in [-0.25, -0.2) is 4.57 Å². The number of aliphatic hydroxyl groups excluding tert-OH is 1. The number of ether oxygens (including phenoxy) is 3. The molecule has 0 bridgehead atoms. The van der Waals surface area contributed by atoms with E-state index in [-0.39, 0.29) is 25.9 Å². The van der Waals surface area contributed by atoms with Crippen molar-refractivity contribution in [2.45, 2.75) is 315 Å². The molecular weight excluding hydrogens is 952 g/mol. The van der Waals surface area contributed by atoms with Gasteiger partial charge < -0.3 is 24.2 Å². The van der Waals surface area contributed by atoms with Crippen molar-refractivity contribution in [2.75, 3.05) is 26.4 Å². The quantitative estimate of drug-likeness (QED) is 0.0197. The van der Waals surface area contributed by atoms with Crippen molar-refractivity contribution in [3.8, 4) is 0 Å². The topological polar surface area (TPSA) is 155 Å². The molecule has 0 heterocycles. The molecule has 11 nitrogen and oxygen atoms in total. The molecule has 2 N–H and O–H groups in total. The summed E-state index contributed by atoms with van der Waals surface area (Å²) in [6.45, 7) is 4.56. The molecule has 0 saturated heterocycles. The minimum Gasteiger partial charge on any atom is -0.462 e. The first-order valence-electron chi connectivity index (χ1n) is 30.9. The van der Waals surface area contributed by atoms with Gasteiger partial charge in [0.25, 0.3) is 0 Å². The summed E-state index contributed by atoms with van der Waals surface area (Å²) in [5.74, 6) is -1.47. The lowest BCUT2D eigenvalue weighted by Crippen LogP contribution is -2.30. The molecule has 3 unspecified atom stereocenters. The summed E-state index contributed by atoms with van der Waals surface area (Å²) in [5.41, 5.74) is 0. The van der Waals surface area contributed by atoms with Crippen LogP contribution in [0, 0.1) is 0 Å². The van der Waals surface area contributed by atoms with Gasteiger partial charge in [-0.15, -0.1) is 0 Å². The highest BCUT2D eigenvalue weighted by Crippen LogP contribution is 2.43. The highest BCUT2D eigenvalue weighted by Gasteiger charge is 2.28. The van der Waals surface area contributed by atoms with Crippen LogP contribution in [0.5, 0.6) is 0 Å². The molecule has 74 heavy (non-hydrogen) atoms. The molecule has 0 rings (SSSR count). The maximum absolute atomic E-state index is 12.9. The van der Waals surface area contributed by atoms with Crippen LogP contribution in [-0.4, -0.2) is 66.5 Å². The summed E-state index contributed by atoms with van der Waals surface area (Å²) in [5, 5.41) is 9.81. The zero-order valence-electron chi connectivity index (χ0n) is 48.1. The lowest BCUT2D eigenvalue weighted by molar-refractivity contribution is -0.161. The summed E-state index contributed by atoms with van der Waals surface area (Å²) in [6, 6.07) is 0. The normalized spacial score (nSPS) is 13.5. The van der Waals surface area contributed by atoms with E-state index in [9.17, 15) is 28.9 Å². The minimum atomic E-state index is -4.75. The van der Waals surface area contributed by atoms with Crippen LogP contribution >= 0.6 is 7.82 Å². The van der Waals surface area contributed by atoms with Gasteiger partial charge in [-0.2, -0.15) is 0 Å². The van der Waals surface area contributed by atoms with Crippen molar-refractivity contribution >= 4 is 25.7 Å². The Morgan fingerprint density at radius 3 is 1.08 bits per heavy atom. The number of phosphoric ester groups is 1. The summed E-state index contributed by atoms with van der Waals surface area (Å²) >= 11 is 0. The van der Waals surface area contributed by atoms with E-state index in [1.807, 2.05) is 0 Å². The lowest BCUT2D eigenvalue weighted by atomic mass is 10.0. The third-order valence-corrected chi connectivity index (χ3v) is 14.5. The predicted molar refractivity (Wildman–Crippen MR) is 307 cm³/mol. The first-order chi connectivity index (χ1) is 36.2. The Morgan fingerprint density at radius 1 is 0.392 bits per heavy atom. The Hall–Kier alpha value is -2.30. The van der Waals surface area contributed by atoms with Gasteiger partial charge in [-0.1, -0.05) is 269 Å². The zero-order valence-corrected chi connectivity index (χ0v) is 49.0. The molecule has 0 aromatic carbocycles. The molecule has 0 aliphatic rings. The largest absolute Gasteiger partial charge is 0.472 e. The standard InChI is InChI=1S/C62H115O11P/c1-4-7-10-13-16-19-22-25-27-29-31-34-36-39-42-45-48-51-60(64)69-55-59(73-62(66)53-50-47-44-41-38-35-32-30-28-26-23-20-17-14-11-8-5-2)57-71-74(67,68)70-56-58(54-63)72-61(65)52-49-46-43-40-37-33-24-21-18-15-12-9-6-3/h9,12,18,21,33,37,58-59,63H,4-8,10-11,13-17,19-20,22-32,34-36,38-57H2,1-3H3,(H,67,68)/b12-9-,21-18-,37-33-. The summed E-state index contributed by atoms with van der Waals surface area (Å²) in [4.78, 5) is 48.6. The molecule has 12 heteroatoms. The van der Waals surface area contributed by atoms with Gasteiger partial charge in [0.1, 0.15) is 12.7 Å². The van der Waals surface area contributed by atoms with E-state index in [1.54, 1.807) is 0 Å². The van der Waals surface area contributed by atoms with Crippen LogP contribution in [0.1, 0.15) is 303 Å². The van der Waals surface area contributed by atoms with E-state index in [0.29, 0.717) is 19.3 Å². The van der Waals surface area contributed by atoms with Gasteiger partial charge in [-0.3, -0.25) is 23.4 Å². The van der Waals surface area contributed by atoms with E-state index in [0.717, 1.165) is 77.0 Å². The van der Waals surface area contributed by atoms with Crippen molar-refractivity contribution in [1.29, 1.82) is 0 Å². The van der Waals surface area contributed by atoms with Crippen LogP contribution in [0.2, 0.25) is 0 Å². The van der Waals surface area contributed by atoms with Crippen LogP contribution in [0.4, 0.5) is 0 Å². The Morgan fingerprint density at radius 2 is 0.703 bits per heavy atom. The van der Waals surface area contributed by atoms with E-state index in [2.05, 4.69) is 57.2 Å². The molecule has 0 aliphatic heterocycles. The van der Waals surface area contributed by atoms with Gasteiger partial charge in [0.05, 0.1) is 19.8 Å². The van der Waals surface area contributed by atoms with Gasteiger partial charge in [0.2, 0.25) is 0 Å². The number of rotatable bonds is 58. The molecular formula is C62H115O11P. The number of hydrogen-bond acceptors (Lipinski definition) is 10. The second kappa shape index (κ2) is 56.9. The fourth-order valence-corrected chi connectivity index (χ4v) is 9.69. The lowest BCUT2D eigenvalue weighted by Gasteiger charge is -2.21. The minimum absolute atomic E-state index is 0.145. The van der Waals surface area contributed by atoms with Gasteiger partial charge in [0.15, 0.2) is 6.10 Å². The Kier molecular flexibility index (Phi) is 55.1. The molecule has 3 atom stereocenters. The van der Waals surface area contributed by atoms with Crippen molar-refractivity contribution < 1.29 is 52.2 Å². The third-order valence-electron chi connectivity index (χ3n) is 13.6. The highest BCUT2D eigenvalue weighted by atomic mass is 31.2. The van der Waals surface area contributed by atoms with E-state index >= 15 is 0 Å². The first kappa shape index (κ1) is 71.7. The molecule has 434 valence electrons. The Labute approximate surface area is 454 Å². The maximum Gasteiger partial charge on any atom is 0.472 e. The van der Waals surface area contributed by atoms with Crippen LogP contribution in [-0.2, 0) is 42.2 Å². The molecule has 0 amide bonds. The van der Waals surface area contributed by atoms with E-state index in [1.165, 1.54) is 167 Å². The third kappa shape index (κ3) is 54.5. The smallest absolute Gasteiger partial charge is 0.462 e. The summed E-state index contributed by atoms with van der Waals surface area (Å²) in [6.07, 6.45) is 59.6. The van der Waals surface area contributed by atoms with Crippen molar-refractivity contribution in [1.82, 2.24) is 0 Å². The van der Waals surface area contributed by atoms with E-state index < -0.39 is 57.8 Å². The zero-order chi connectivity index (χ0) is 54.1. The number of carbonyl (C=O) groups excluding carboxylic acids is 3. The second-order valence-corrected chi connectivity index (χ2v) is 22.3. The maximum atomic E-state index is 12.9. The molecule has 0 aromatic heterocycles. The monoisotopic (exact) mass is 1070 g/mol. The number of allylic oxidation sites excluding steroid dienone is 6. The Bertz CT molecular complexity index is 1380.